The zero-order valence-electron chi connectivity index (χ0n) is 12.4. The lowest BCUT2D eigenvalue weighted by Gasteiger charge is -2.18. The van der Waals surface area contributed by atoms with E-state index in [1.165, 1.54) is 7.05 Å². The number of phenolic OH excluding ortho intramolecular Hbond substituents is 1. The molecule has 0 fully saturated rings. The summed E-state index contributed by atoms with van der Waals surface area (Å²) in [5, 5.41) is 14.2. The minimum atomic E-state index is -1.33. The maximum absolute atomic E-state index is 13.4. The number of phenols is 1. The fourth-order valence-electron chi connectivity index (χ4n) is 2.04. The van der Waals surface area contributed by atoms with Crippen LogP contribution in [0.25, 0.3) is 0 Å². The van der Waals surface area contributed by atoms with E-state index >= 15 is 0 Å². The van der Waals surface area contributed by atoms with Crippen molar-refractivity contribution in [1.82, 2.24) is 10.6 Å². The van der Waals surface area contributed by atoms with Crippen LogP contribution in [0.15, 0.2) is 36.4 Å². The summed E-state index contributed by atoms with van der Waals surface area (Å²) in [4.78, 5) is 24.1. The average molecular weight is 338 g/mol. The molecule has 0 heterocycles. The van der Waals surface area contributed by atoms with Crippen molar-refractivity contribution in [3.05, 3.63) is 65.0 Å². The first-order valence-corrected chi connectivity index (χ1v) is 6.79. The van der Waals surface area contributed by atoms with Crippen LogP contribution in [0.3, 0.4) is 0 Å². The summed E-state index contributed by atoms with van der Waals surface area (Å²) < 4.78 is 39.4. The molecule has 2 amide bonds. The van der Waals surface area contributed by atoms with Crippen LogP contribution in [0.1, 0.15) is 22.0 Å². The Morgan fingerprint density at radius 3 is 2.33 bits per heavy atom. The summed E-state index contributed by atoms with van der Waals surface area (Å²) in [6.07, 6.45) is 0. The molecule has 126 valence electrons. The van der Waals surface area contributed by atoms with Gasteiger partial charge in [-0.3, -0.25) is 9.59 Å². The zero-order valence-corrected chi connectivity index (χ0v) is 12.4. The van der Waals surface area contributed by atoms with E-state index in [1.807, 2.05) is 0 Å². The second kappa shape index (κ2) is 7.03. The molecule has 3 N–H and O–H groups in total. The molecule has 1 atom stereocenters. The van der Waals surface area contributed by atoms with Gasteiger partial charge in [0, 0.05) is 13.1 Å². The smallest absolute Gasteiger partial charge is 0.255 e. The van der Waals surface area contributed by atoms with Crippen LogP contribution in [0, 0.1) is 17.5 Å². The van der Waals surface area contributed by atoms with Gasteiger partial charge in [-0.25, -0.2) is 13.2 Å². The van der Waals surface area contributed by atoms with Crippen LogP contribution in [-0.4, -0.2) is 24.0 Å². The van der Waals surface area contributed by atoms with Gasteiger partial charge in [0.05, 0.1) is 5.56 Å². The van der Waals surface area contributed by atoms with Crippen LogP contribution < -0.4 is 10.6 Å². The number of rotatable bonds is 4. The van der Waals surface area contributed by atoms with Crippen LogP contribution in [0.4, 0.5) is 13.2 Å². The lowest BCUT2D eigenvalue weighted by molar-refractivity contribution is -0.122. The third-order valence-electron chi connectivity index (χ3n) is 3.27. The highest BCUT2D eigenvalue weighted by atomic mass is 19.2. The standard InChI is InChI=1S/C16H13F3N2O3/c1-20-16(24)14(8-2-5-11(18)12(19)6-8)21-15(23)10-4-3-9(17)7-13(10)22/h2-7,14,22H,1H3,(H,20,24)(H,21,23). The first-order valence-electron chi connectivity index (χ1n) is 6.79. The van der Waals surface area contributed by atoms with E-state index in [0.717, 1.165) is 36.4 Å². The fraction of sp³-hybridized carbons (Fsp3) is 0.125. The minimum absolute atomic E-state index is 0.00296. The first-order chi connectivity index (χ1) is 11.3. The second-order valence-corrected chi connectivity index (χ2v) is 4.86. The summed E-state index contributed by atoms with van der Waals surface area (Å²) in [7, 11) is 1.30. The monoisotopic (exact) mass is 338 g/mol. The summed E-state index contributed by atoms with van der Waals surface area (Å²) >= 11 is 0. The molecule has 0 aliphatic carbocycles. The van der Waals surface area contributed by atoms with E-state index in [9.17, 15) is 27.9 Å². The van der Waals surface area contributed by atoms with Gasteiger partial charge in [-0.2, -0.15) is 0 Å². The number of hydrogen-bond donors (Lipinski definition) is 3. The van der Waals surface area contributed by atoms with Gasteiger partial charge in [0.25, 0.3) is 5.91 Å². The SMILES string of the molecule is CNC(=O)C(NC(=O)c1ccc(F)cc1O)c1ccc(F)c(F)c1. The Bertz CT molecular complexity index is 796. The van der Waals surface area contributed by atoms with Crippen molar-refractivity contribution in [2.45, 2.75) is 6.04 Å². The Labute approximate surface area is 135 Å². The van der Waals surface area contributed by atoms with E-state index in [-0.39, 0.29) is 11.1 Å². The Balaban J connectivity index is 2.33. The fourth-order valence-corrected chi connectivity index (χ4v) is 2.04. The molecular weight excluding hydrogens is 325 g/mol. The van der Waals surface area contributed by atoms with Gasteiger partial charge in [-0.05, 0) is 29.8 Å². The number of carbonyl (C=O) groups is 2. The van der Waals surface area contributed by atoms with E-state index in [2.05, 4.69) is 10.6 Å². The molecule has 5 nitrogen and oxygen atoms in total. The molecule has 8 heteroatoms. The Morgan fingerprint density at radius 1 is 1.04 bits per heavy atom. The van der Waals surface area contributed by atoms with Gasteiger partial charge in [0.15, 0.2) is 11.6 Å². The zero-order chi connectivity index (χ0) is 17.9. The molecule has 0 aromatic heterocycles. The van der Waals surface area contributed by atoms with Gasteiger partial charge in [0.1, 0.15) is 17.6 Å². The third-order valence-corrected chi connectivity index (χ3v) is 3.27. The lowest BCUT2D eigenvalue weighted by Crippen LogP contribution is -2.39. The van der Waals surface area contributed by atoms with Crippen molar-refractivity contribution >= 4 is 11.8 Å². The van der Waals surface area contributed by atoms with Crippen molar-refractivity contribution in [2.24, 2.45) is 0 Å². The van der Waals surface area contributed by atoms with Crippen molar-refractivity contribution in [2.75, 3.05) is 7.05 Å². The highest BCUT2D eigenvalue weighted by Crippen LogP contribution is 2.21. The molecule has 2 aromatic rings. The molecule has 0 aliphatic rings. The van der Waals surface area contributed by atoms with Crippen LogP contribution in [-0.2, 0) is 4.79 Å². The van der Waals surface area contributed by atoms with Crippen molar-refractivity contribution < 1.29 is 27.9 Å². The Morgan fingerprint density at radius 2 is 1.75 bits per heavy atom. The topological polar surface area (TPSA) is 78.4 Å². The molecule has 1 unspecified atom stereocenters. The van der Waals surface area contributed by atoms with Crippen LogP contribution in [0.2, 0.25) is 0 Å². The molecule has 0 saturated carbocycles. The molecule has 0 aliphatic heterocycles. The van der Waals surface area contributed by atoms with Crippen molar-refractivity contribution in [3.8, 4) is 5.75 Å². The predicted octanol–water partition coefficient (Wildman–Crippen LogP) is 2.03. The molecule has 0 saturated heterocycles. The molecule has 0 bridgehead atoms. The van der Waals surface area contributed by atoms with E-state index < -0.39 is 41.1 Å². The molecular formula is C16H13F3N2O3. The number of carbonyl (C=O) groups excluding carboxylic acids is 2. The first kappa shape index (κ1) is 17.3. The van der Waals surface area contributed by atoms with Gasteiger partial charge in [-0.1, -0.05) is 6.07 Å². The van der Waals surface area contributed by atoms with Gasteiger partial charge < -0.3 is 15.7 Å². The molecule has 24 heavy (non-hydrogen) atoms. The highest BCUT2D eigenvalue weighted by molar-refractivity contribution is 5.99. The number of halogens is 3. The molecule has 0 radical (unpaired) electrons. The van der Waals surface area contributed by atoms with Crippen molar-refractivity contribution in [1.29, 1.82) is 0 Å². The average Bonchev–Trinajstić information content (AvgIpc) is 2.54. The minimum Gasteiger partial charge on any atom is -0.507 e. The maximum Gasteiger partial charge on any atom is 0.255 e. The Kier molecular flexibility index (Phi) is 5.08. The maximum atomic E-state index is 13.4. The third kappa shape index (κ3) is 3.65. The molecule has 2 aromatic carbocycles. The van der Waals surface area contributed by atoms with Gasteiger partial charge in [0.2, 0.25) is 5.91 Å². The van der Waals surface area contributed by atoms with Crippen molar-refractivity contribution in [3.63, 3.8) is 0 Å². The Hall–Kier alpha value is -3.03. The van der Waals surface area contributed by atoms with Crippen LogP contribution >= 0.6 is 0 Å². The lowest BCUT2D eigenvalue weighted by atomic mass is 10.0. The largest absolute Gasteiger partial charge is 0.507 e. The summed E-state index contributed by atoms with van der Waals surface area (Å²) in [6.45, 7) is 0. The highest BCUT2D eigenvalue weighted by Gasteiger charge is 2.24. The van der Waals surface area contributed by atoms with E-state index in [4.69, 9.17) is 0 Å². The normalized spacial score (nSPS) is 11.7. The number of amides is 2. The molecule has 0 spiro atoms. The quantitative estimate of drug-likeness (QED) is 0.798. The predicted molar refractivity (Wildman–Crippen MR) is 78.7 cm³/mol. The summed E-state index contributed by atoms with van der Waals surface area (Å²) in [6, 6.07) is 4.14. The summed E-state index contributed by atoms with van der Waals surface area (Å²) in [5.74, 6) is -5.21. The number of benzene rings is 2. The van der Waals surface area contributed by atoms with Crippen LogP contribution in [0.5, 0.6) is 5.75 Å². The second-order valence-electron chi connectivity index (χ2n) is 4.86. The molecule has 2 rings (SSSR count). The van der Waals surface area contributed by atoms with E-state index in [1.54, 1.807) is 0 Å². The number of likely N-dealkylation sites (N-methyl/N-ethyl adjacent to an activating group) is 1. The number of nitrogens with one attached hydrogen (secondary N) is 2. The number of hydrogen-bond acceptors (Lipinski definition) is 3. The number of aromatic hydroxyl groups is 1. The summed E-state index contributed by atoms with van der Waals surface area (Å²) in [5.41, 5.74) is -0.268. The van der Waals surface area contributed by atoms with Gasteiger partial charge in [-0.15, -0.1) is 0 Å². The van der Waals surface area contributed by atoms with E-state index in [0.29, 0.717) is 0 Å². The van der Waals surface area contributed by atoms with Gasteiger partial charge >= 0.3 is 0 Å².